The van der Waals surface area contributed by atoms with Gasteiger partial charge in [0.15, 0.2) is 4.96 Å². The summed E-state index contributed by atoms with van der Waals surface area (Å²) in [7, 11) is 0. The summed E-state index contributed by atoms with van der Waals surface area (Å²) >= 11 is 1.53. The number of imidazole rings is 1. The summed E-state index contributed by atoms with van der Waals surface area (Å²) in [5.74, 6) is -0.137. The van der Waals surface area contributed by atoms with Crippen LogP contribution in [0, 0.1) is 0 Å². The molecule has 1 amide bonds. The Labute approximate surface area is 109 Å². The molecule has 2 heterocycles. The number of hydrogen-bond donors (Lipinski definition) is 2. The van der Waals surface area contributed by atoms with Crippen LogP contribution in [-0.4, -0.2) is 33.0 Å². The van der Waals surface area contributed by atoms with E-state index < -0.39 is 0 Å². The largest absolute Gasteiger partial charge is 0.394 e. The third kappa shape index (κ3) is 2.96. The Hall–Kier alpha value is -1.66. The minimum absolute atomic E-state index is 0.0873. The topological polar surface area (TPSA) is 66.6 Å². The zero-order valence-electron chi connectivity index (χ0n) is 9.87. The number of fused-ring (bicyclic) bond motifs is 1. The minimum atomic E-state index is -0.265. The lowest BCUT2D eigenvalue weighted by molar-refractivity contribution is -0.121. The van der Waals surface area contributed by atoms with E-state index in [0.717, 1.165) is 10.7 Å². The Morgan fingerprint density at radius 1 is 1.72 bits per heavy atom. The molecule has 2 N–H and O–H groups in total. The summed E-state index contributed by atoms with van der Waals surface area (Å²) < 4.78 is 1.89. The van der Waals surface area contributed by atoms with Gasteiger partial charge >= 0.3 is 0 Å². The number of hydrogen-bond acceptors (Lipinski definition) is 4. The van der Waals surface area contributed by atoms with Crippen LogP contribution >= 0.6 is 11.3 Å². The zero-order chi connectivity index (χ0) is 13.0. The van der Waals surface area contributed by atoms with Gasteiger partial charge in [0.05, 0.1) is 24.8 Å². The number of aliphatic hydroxyl groups is 1. The van der Waals surface area contributed by atoms with Crippen LogP contribution in [0.25, 0.3) is 4.96 Å². The highest BCUT2D eigenvalue weighted by Gasteiger charge is 2.12. The van der Waals surface area contributed by atoms with Gasteiger partial charge in [0, 0.05) is 17.8 Å². The second-order valence-electron chi connectivity index (χ2n) is 3.97. The Bertz CT molecular complexity index is 518. The highest BCUT2D eigenvalue weighted by molar-refractivity contribution is 7.15. The van der Waals surface area contributed by atoms with Crippen molar-refractivity contribution < 1.29 is 9.90 Å². The maximum atomic E-state index is 11.8. The number of aliphatic hydroxyl groups excluding tert-OH is 1. The number of rotatable bonds is 6. The lowest BCUT2D eigenvalue weighted by atomic mass is 10.2. The summed E-state index contributed by atoms with van der Waals surface area (Å²) in [6.07, 6.45) is 6.20. The molecule has 5 nitrogen and oxygen atoms in total. The molecule has 2 rings (SSSR count). The van der Waals surface area contributed by atoms with Crippen LogP contribution in [0.3, 0.4) is 0 Å². The highest BCUT2D eigenvalue weighted by Crippen LogP contribution is 2.11. The molecule has 0 aliphatic carbocycles. The fourth-order valence-electron chi connectivity index (χ4n) is 1.68. The van der Waals surface area contributed by atoms with Crippen molar-refractivity contribution in [3.8, 4) is 0 Å². The van der Waals surface area contributed by atoms with Gasteiger partial charge in [0.2, 0.25) is 5.91 Å². The fourth-order valence-corrected chi connectivity index (χ4v) is 2.40. The van der Waals surface area contributed by atoms with Crippen molar-refractivity contribution in [1.29, 1.82) is 0 Å². The van der Waals surface area contributed by atoms with Crippen molar-refractivity contribution in [3.05, 3.63) is 36.1 Å². The van der Waals surface area contributed by atoms with E-state index in [2.05, 4.69) is 16.9 Å². The molecule has 2 aromatic rings. The number of carbonyl (C=O) groups excluding carboxylic acids is 1. The van der Waals surface area contributed by atoms with Crippen LogP contribution in [0.15, 0.2) is 30.4 Å². The number of thiazole rings is 1. The molecular weight excluding hydrogens is 250 g/mol. The summed E-state index contributed by atoms with van der Waals surface area (Å²) in [4.78, 5) is 17.0. The number of nitrogens with zero attached hydrogens (tertiary/aromatic N) is 2. The molecule has 0 fully saturated rings. The van der Waals surface area contributed by atoms with Crippen molar-refractivity contribution in [2.75, 3.05) is 6.61 Å². The van der Waals surface area contributed by atoms with E-state index in [9.17, 15) is 4.79 Å². The van der Waals surface area contributed by atoms with Crippen LogP contribution in [0.5, 0.6) is 0 Å². The molecule has 0 aromatic carbocycles. The third-order valence-corrected chi connectivity index (χ3v) is 3.29. The van der Waals surface area contributed by atoms with Crippen LogP contribution in [0.1, 0.15) is 12.1 Å². The van der Waals surface area contributed by atoms with Crippen molar-refractivity contribution in [1.82, 2.24) is 14.7 Å². The first-order chi connectivity index (χ1) is 8.72. The maximum absolute atomic E-state index is 11.8. The molecule has 0 saturated heterocycles. The van der Waals surface area contributed by atoms with E-state index in [1.54, 1.807) is 6.08 Å². The maximum Gasteiger partial charge on any atom is 0.226 e. The van der Waals surface area contributed by atoms with Crippen LogP contribution < -0.4 is 5.32 Å². The summed E-state index contributed by atoms with van der Waals surface area (Å²) in [5.41, 5.74) is 0.731. The second-order valence-corrected chi connectivity index (χ2v) is 4.85. The molecule has 6 heteroatoms. The van der Waals surface area contributed by atoms with Crippen molar-refractivity contribution in [2.24, 2.45) is 0 Å². The Morgan fingerprint density at radius 3 is 3.22 bits per heavy atom. The zero-order valence-corrected chi connectivity index (χ0v) is 10.7. The van der Waals surface area contributed by atoms with Gasteiger partial charge in [-0.2, -0.15) is 0 Å². The molecular formula is C12H15N3O2S. The first-order valence-corrected chi connectivity index (χ1v) is 6.53. The van der Waals surface area contributed by atoms with Gasteiger partial charge < -0.3 is 10.4 Å². The second kappa shape index (κ2) is 5.79. The van der Waals surface area contributed by atoms with Gasteiger partial charge in [0.1, 0.15) is 0 Å². The molecule has 0 bridgehead atoms. The van der Waals surface area contributed by atoms with Gasteiger partial charge in [-0.25, -0.2) is 4.98 Å². The van der Waals surface area contributed by atoms with Gasteiger partial charge in [-0.3, -0.25) is 9.20 Å². The minimum Gasteiger partial charge on any atom is -0.394 e. The fraction of sp³-hybridized carbons (Fsp3) is 0.333. The Morgan fingerprint density at radius 2 is 2.56 bits per heavy atom. The Kier molecular flexibility index (Phi) is 4.11. The van der Waals surface area contributed by atoms with E-state index in [-0.39, 0.29) is 25.0 Å². The lowest BCUT2D eigenvalue weighted by Crippen LogP contribution is -2.38. The van der Waals surface area contributed by atoms with Gasteiger partial charge in [-0.05, 0) is 6.42 Å². The highest BCUT2D eigenvalue weighted by atomic mass is 32.1. The Balaban J connectivity index is 1.94. The van der Waals surface area contributed by atoms with E-state index in [0.29, 0.717) is 6.42 Å². The van der Waals surface area contributed by atoms with E-state index in [4.69, 9.17) is 5.11 Å². The van der Waals surface area contributed by atoms with E-state index in [1.807, 2.05) is 22.2 Å². The SMILES string of the molecule is C=CC[C@@H](CO)NC(=O)Cc1cn2ccsc2n1. The smallest absolute Gasteiger partial charge is 0.226 e. The summed E-state index contributed by atoms with van der Waals surface area (Å²) in [6, 6.07) is -0.265. The van der Waals surface area contributed by atoms with E-state index in [1.165, 1.54) is 11.3 Å². The standard InChI is InChI=1S/C12H15N3O2S/c1-2-3-9(8-16)13-11(17)6-10-7-15-4-5-18-12(15)14-10/h2,4-5,7,9,16H,1,3,6,8H2,(H,13,17)/t9-/m0/s1. The summed E-state index contributed by atoms with van der Waals surface area (Å²) in [5, 5.41) is 13.8. The normalized spacial score (nSPS) is 12.5. The van der Waals surface area contributed by atoms with Gasteiger partial charge in [-0.1, -0.05) is 6.08 Å². The van der Waals surface area contributed by atoms with Crippen LogP contribution in [0.2, 0.25) is 0 Å². The van der Waals surface area contributed by atoms with Crippen molar-refractivity contribution in [3.63, 3.8) is 0 Å². The average Bonchev–Trinajstić information content (AvgIpc) is 2.88. The monoisotopic (exact) mass is 265 g/mol. The summed E-state index contributed by atoms with van der Waals surface area (Å²) in [6.45, 7) is 3.50. The van der Waals surface area contributed by atoms with Crippen molar-refractivity contribution >= 4 is 22.2 Å². The predicted molar refractivity (Wildman–Crippen MR) is 70.6 cm³/mol. The number of aromatic nitrogens is 2. The molecule has 0 spiro atoms. The molecule has 0 aliphatic heterocycles. The third-order valence-electron chi connectivity index (χ3n) is 2.52. The molecule has 0 radical (unpaired) electrons. The first-order valence-electron chi connectivity index (χ1n) is 5.65. The average molecular weight is 265 g/mol. The van der Waals surface area contributed by atoms with Gasteiger partial charge in [-0.15, -0.1) is 17.9 Å². The molecule has 2 aromatic heterocycles. The van der Waals surface area contributed by atoms with Crippen LogP contribution in [0.4, 0.5) is 0 Å². The van der Waals surface area contributed by atoms with Gasteiger partial charge in [0.25, 0.3) is 0 Å². The quantitative estimate of drug-likeness (QED) is 0.765. The number of carbonyl (C=O) groups is 1. The molecule has 0 aliphatic rings. The van der Waals surface area contributed by atoms with Crippen LogP contribution in [-0.2, 0) is 11.2 Å². The number of amides is 1. The molecule has 0 unspecified atom stereocenters. The molecule has 96 valence electrons. The lowest BCUT2D eigenvalue weighted by Gasteiger charge is -2.13. The van der Waals surface area contributed by atoms with E-state index >= 15 is 0 Å². The first kappa shape index (κ1) is 12.8. The predicted octanol–water partition coefficient (Wildman–Crippen LogP) is 0.991. The van der Waals surface area contributed by atoms with Crippen molar-refractivity contribution in [2.45, 2.75) is 18.9 Å². The molecule has 1 atom stereocenters. The number of nitrogens with one attached hydrogen (secondary N) is 1. The molecule has 18 heavy (non-hydrogen) atoms. The molecule has 0 saturated carbocycles.